The predicted octanol–water partition coefficient (Wildman–Crippen LogP) is 4.53. The Bertz CT molecular complexity index is 989. The molecule has 0 amide bonds. The number of para-hydroxylation sites is 2. The number of hydrogen-bond acceptors (Lipinski definition) is 7. The number of ether oxygens (including phenoxy) is 4. The highest BCUT2D eigenvalue weighted by atomic mass is 16.6. The molecule has 170 valence electrons. The average Bonchev–Trinajstić information content (AvgIpc) is 2.82. The molecule has 2 aromatic rings. The van der Waals surface area contributed by atoms with Crippen LogP contribution in [-0.4, -0.2) is 37.9 Å². The van der Waals surface area contributed by atoms with E-state index in [0.717, 1.165) is 5.56 Å². The fourth-order valence-corrected chi connectivity index (χ4v) is 3.93. The summed E-state index contributed by atoms with van der Waals surface area (Å²) in [5.41, 5.74) is -0.0136. The molecule has 32 heavy (non-hydrogen) atoms. The topological polar surface area (TPSA) is 104 Å². The first-order valence-corrected chi connectivity index (χ1v) is 10.6. The van der Waals surface area contributed by atoms with Gasteiger partial charge in [0.25, 0.3) is 0 Å². The molecule has 1 aliphatic heterocycles. The van der Waals surface area contributed by atoms with Gasteiger partial charge in [-0.2, -0.15) is 5.26 Å². The highest BCUT2D eigenvalue weighted by Gasteiger charge is 2.32. The Labute approximate surface area is 187 Å². The molecule has 8 nitrogen and oxygen atoms in total. The van der Waals surface area contributed by atoms with E-state index in [1.165, 1.54) is 0 Å². The van der Waals surface area contributed by atoms with E-state index in [0.29, 0.717) is 42.3 Å². The molecule has 0 fully saturated rings. The molecule has 8 heteroatoms. The van der Waals surface area contributed by atoms with E-state index in [4.69, 9.17) is 18.9 Å². The first-order chi connectivity index (χ1) is 15.4. The number of nitrogens with zero attached hydrogens (tertiary/aromatic N) is 2. The lowest BCUT2D eigenvalue weighted by Crippen LogP contribution is -2.35. The third-order valence-corrected chi connectivity index (χ3v) is 5.88. The summed E-state index contributed by atoms with van der Waals surface area (Å²) in [5.74, 6) is 2.39. The third-order valence-electron chi connectivity index (χ3n) is 5.88. The summed E-state index contributed by atoms with van der Waals surface area (Å²) >= 11 is 0. The van der Waals surface area contributed by atoms with Crippen molar-refractivity contribution in [3.8, 4) is 29.1 Å². The van der Waals surface area contributed by atoms with Gasteiger partial charge in [-0.05, 0) is 49.6 Å². The van der Waals surface area contributed by atoms with Crippen LogP contribution in [0.2, 0.25) is 0 Å². The Hall–Kier alpha value is -3.47. The predicted molar refractivity (Wildman–Crippen MR) is 118 cm³/mol. The summed E-state index contributed by atoms with van der Waals surface area (Å²) < 4.78 is 22.2. The van der Waals surface area contributed by atoms with E-state index in [-0.39, 0.29) is 24.1 Å². The van der Waals surface area contributed by atoms with E-state index >= 15 is 0 Å². The molecule has 0 saturated carbocycles. The summed E-state index contributed by atoms with van der Waals surface area (Å²) in [7, 11) is 3.10. The molecule has 3 rings (SSSR count). The van der Waals surface area contributed by atoms with E-state index in [1.54, 1.807) is 32.4 Å². The third kappa shape index (κ3) is 5.22. The second-order valence-electron chi connectivity index (χ2n) is 8.08. The van der Waals surface area contributed by atoms with E-state index in [1.807, 2.05) is 31.2 Å². The van der Waals surface area contributed by atoms with Crippen molar-refractivity contribution in [1.82, 2.24) is 0 Å². The fourth-order valence-electron chi connectivity index (χ4n) is 3.93. The van der Waals surface area contributed by atoms with Crippen molar-refractivity contribution in [3.05, 3.63) is 58.1 Å². The van der Waals surface area contributed by atoms with Crippen molar-refractivity contribution in [2.75, 3.05) is 20.8 Å². The van der Waals surface area contributed by atoms with Crippen LogP contribution in [0.25, 0.3) is 0 Å². The Kier molecular flexibility index (Phi) is 7.41. The second-order valence-corrected chi connectivity index (χ2v) is 8.08. The van der Waals surface area contributed by atoms with E-state index in [2.05, 4.69) is 6.07 Å². The summed E-state index contributed by atoms with van der Waals surface area (Å²) in [5, 5.41) is 21.5. The van der Waals surface area contributed by atoms with Crippen molar-refractivity contribution in [2.45, 2.75) is 50.2 Å². The van der Waals surface area contributed by atoms with Crippen molar-refractivity contribution >= 4 is 0 Å². The molecule has 1 heterocycles. The number of benzene rings is 2. The van der Waals surface area contributed by atoms with Crippen LogP contribution >= 0.6 is 0 Å². The minimum absolute atomic E-state index is 0.251. The van der Waals surface area contributed by atoms with Crippen LogP contribution in [0.1, 0.15) is 38.2 Å². The number of fused-ring (bicyclic) bond motifs is 1. The maximum Gasteiger partial charge on any atom is 0.216 e. The van der Waals surface area contributed by atoms with Crippen molar-refractivity contribution < 1.29 is 23.9 Å². The largest absolute Gasteiger partial charge is 0.493 e. The molecule has 1 aliphatic rings. The molecule has 0 aromatic heterocycles. The lowest BCUT2D eigenvalue weighted by Gasteiger charge is -2.27. The van der Waals surface area contributed by atoms with Gasteiger partial charge >= 0.3 is 0 Å². The minimum Gasteiger partial charge on any atom is -0.493 e. The van der Waals surface area contributed by atoms with Gasteiger partial charge in [-0.25, -0.2) is 0 Å². The molecule has 0 spiro atoms. The van der Waals surface area contributed by atoms with Crippen LogP contribution in [0.3, 0.4) is 0 Å². The van der Waals surface area contributed by atoms with Crippen LogP contribution in [0.15, 0.2) is 42.5 Å². The SMILES string of the molecule is COc1ccc(C(C)(C#N)CCCC(CC2COc3ccccc3O2)[N+](=O)[O-])cc1OC. The van der Waals surface area contributed by atoms with Gasteiger partial charge in [-0.15, -0.1) is 0 Å². The first kappa shape index (κ1) is 23.2. The van der Waals surface area contributed by atoms with Crippen LogP contribution < -0.4 is 18.9 Å². The standard InChI is InChI=1S/C24H28N2O6/c1-24(16-25,17-10-11-20(29-2)23(13-17)30-3)12-6-7-18(26(27)28)14-19-15-31-21-8-4-5-9-22(21)32-19/h4-5,8-11,13,18-19H,6-7,12,14-15H2,1-3H3. The summed E-state index contributed by atoms with van der Waals surface area (Å²) in [4.78, 5) is 11.4. The lowest BCUT2D eigenvalue weighted by atomic mass is 9.79. The molecule has 3 unspecified atom stereocenters. The number of nitriles is 1. The van der Waals surface area contributed by atoms with Gasteiger partial charge in [-0.1, -0.05) is 18.2 Å². The van der Waals surface area contributed by atoms with Crippen LogP contribution in [0, 0.1) is 21.4 Å². The van der Waals surface area contributed by atoms with Crippen molar-refractivity contribution in [2.24, 2.45) is 0 Å². The molecule has 3 atom stereocenters. The normalized spacial score (nSPS) is 17.5. The average molecular weight is 440 g/mol. The number of hydrogen-bond donors (Lipinski definition) is 0. The first-order valence-electron chi connectivity index (χ1n) is 10.6. The van der Waals surface area contributed by atoms with E-state index in [9.17, 15) is 15.4 Å². The molecular formula is C24H28N2O6. The summed E-state index contributed by atoms with van der Waals surface area (Å²) in [6, 6.07) is 14.3. The summed E-state index contributed by atoms with van der Waals surface area (Å²) in [6.07, 6.45) is 1.22. The Balaban J connectivity index is 1.62. The van der Waals surface area contributed by atoms with Crippen molar-refractivity contribution in [1.29, 1.82) is 5.26 Å². The van der Waals surface area contributed by atoms with Gasteiger partial charge in [0.05, 0.1) is 32.1 Å². The van der Waals surface area contributed by atoms with Gasteiger partial charge in [-0.3, -0.25) is 10.1 Å². The van der Waals surface area contributed by atoms with Gasteiger partial charge in [0.2, 0.25) is 6.04 Å². The zero-order valence-electron chi connectivity index (χ0n) is 18.6. The number of rotatable bonds is 10. The monoisotopic (exact) mass is 440 g/mol. The molecule has 0 N–H and O–H groups in total. The quantitative estimate of drug-likeness (QED) is 0.395. The number of methoxy groups -OCH3 is 2. The minimum atomic E-state index is -0.801. The van der Waals surface area contributed by atoms with Gasteiger partial charge < -0.3 is 18.9 Å². The van der Waals surface area contributed by atoms with Crippen LogP contribution in [-0.2, 0) is 5.41 Å². The maximum absolute atomic E-state index is 11.7. The van der Waals surface area contributed by atoms with Gasteiger partial charge in [0.15, 0.2) is 23.0 Å². The molecule has 0 bridgehead atoms. The zero-order valence-corrected chi connectivity index (χ0v) is 18.6. The van der Waals surface area contributed by atoms with Crippen LogP contribution in [0.4, 0.5) is 0 Å². The Morgan fingerprint density at radius 1 is 1.22 bits per heavy atom. The van der Waals surface area contributed by atoms with Gasteiger partial charge in [0.1, 0.15) is 12.7 Å². The van der Waals surface area contributed by atoms with Crippen molar-refractivity contribution in [3.63, 3.8) is 0 Å². The maximum atomic E-state index is 11.7. The molecule has 0 radical (unpaired) electrons. The fraction of sp³-hybridized carbons (Fsp3) is 0.458. The molecular weight excluding hydrogens is 412 g/mol. The second kappa shape index (κ2) is 10.2. The zero-order chi connectivity index (χ0) is 23.1. The highest BCUT2D eigenvalue weighted by Crippen LogP contribution is 2.36. The Morgan fingerprint density at radius 3 is 2.59 bits per heavy atom. The van der Waals surface area contributed by atoms with E-state index < -0.39 is 11.5 Å². The lowest BCUT2D eigenvalue weighted by molar-refractivity contribution is -0.526. The number of nitro groups is 1. The molecule has 0 saturated heterocycles. The summed E-state index contributed by atoms with van der Waals surface area (Å²) in [6.45, 7) is 2.12. The van der Waals surface area contributed by atoms with Crippen LogP contribution in [0.5, 0.6) is 23.0 Å². The Morgan fingerprint density at radius 2 is 1.94 bits per heavy atom. The molecule has 0 aliphatic carbocycles. The highest BCUT2D eigenvalue weighted by molar-refractivity contribution is 5.46. The smallest absolute Gasteiger partial charge is 0.216 e. The van der Waals surface area contributed by atoms with Gasteiger partial charge in [0, 0.05) is 11.3 Å². The molecule has 2 aromatic carbocycles.